The highest BCUT2D eigenvalue weighted by Crippen LogP contribution is 2.18. The minimum Gasteiger partial charge on any atom is -0.379 e. The Kier molecular flexibility index (Phi) is 6.59. The molecule has 0 bridgehead atoms. The maximum absolute atomic E-state index is 5.64. The molecule has 4 heteroatoms. The van der Waals surface area contributed by atoms with Crippen molar-refractivity contribution in [2.75, 3.05) is 26.4 Å². The third-order valence-corrected chi connectivity index (χ3v) is 2.73. The molecule has 1 aromatic rings. The molecular formula is C11H19NO2S. The van der Waals surface area contributed by atoms with Gasteiger partial charge in [0.05, 0.1) is 19.3 Å². The van der Waals surface area contributed by atoms with Crippen molar-refractivity contribution < 1.29 is 9.47 Å². The minimum atomic E-state index is 0.0153. The van der Waals surface area contributed by atoms with E-state index in [9.17, 15) is 0 Å². The molecule has 15 heavy (non-hydrogen) atoms. The molecule has 2 N–H and O–H groups in total. The Bertz CT molecular complexity index is 239. The van der Waals surface area contributed by atoms with Crippen LogP contribution in [-0.4, -0.2) is 26.4 Å². The molecule has 0 aliphatic carbocycles. The summed E-state index contributed by atoms with van der Waals surface area (Å²) >= 11 is 1.66. The molecule has 1 rings (SSSR count). The molecule has 1 atom stereocenters. The van der Waals surface area contributed by atoms with Gasteiger partial charge in [-0.25, -0.2) is 0 Å². The van der Waals surface area contributed by atoms with Crippen LogP contribution in [0.15, 0.2) is 16.8 Å². The van der Waals surface area contributed by atoms with Gasteiger partial charge in [0.15, 0.2) is 0 Å². The summed E-state index contributed by atoms with van der Waals surface area (Å²) in [6.45, 7) is 4.67. The minimum absolute atomic E-state index is 0.0153. The van der Waals surface area contributed by atoms with E-state index in [-0.39, 0.29) is 6.10 Å². The molecule has 0 saturated heterocycles. The van der Waals surface area contributed by atoms with Crippen molar-refractivity contribution in [2.24, 2.45) is 5.73 Å². The van der Waals surface area contributed by atoms with Crippen LogP contribution in [-0.2, 0) is 9.47 Å². The smallest absolute Gasteiger partial charge is 0.0956 e. The maximum atomic E-state index is 5.64. The van der Waals surface area contributed by atoms with E-state index >= 15 is 0 Å². The summed E-state index contributed by atoms with van der Waals surface area (Å²) < 4.78 is 11.0. The lowest BCUT2D eigenvalue weighted by atomic mass is 10.2. The normalized spacial score (nSPS) is 12.9. The molecule has 1 unspecified atom stereocenters. The fourth-order valence-corrected chi connectivity index (χ4v) is 1.96. The fourth-order valence-electron chi connectivity index (χ4n) is 1.25. The second-order valence-corrected chi connectivity index (χ2v) is 4.04. The molecule has 0 fully saturated rings. The molecule has 1 heterocycles. The molecule has 0 saturated carbocycles. The van der Waals surface area contributed by atoms with Gasteiger partial charge in [-0.05, 0) is 28.8 Å². The van der Waals surface area contributed by atoms with E-state index in [2.05, 4.69) is 18.4 Å². The number of hydrogen-bond donors (Lipinski definition) is 1. The third-order valence-electron chi connectivity index (χ3n) is 2.02. The first-order valence-electron chi connectivity index (χ1n) is 5.30. The standard InChI is InChI=1S/C11H19NO2S/c1-2-4-13-5-6-14-11(8-12)10-3-7-15-9-10/h3,7,9,11H,2,4-6,8,12H2,1H3. The summed E-state index contributed by atoms with van der Waals surface area (Å²) in [5.41, 5.74) is 6.81. The number of ether oxygens (including phenoxy) is 2. The van der Waals surface area contributed by atoms with E-state index in [1.165, 1.54) is 0 Å². The second-order valence-electron chi connectivity index (χ2n) is 3.26. The van der Waals surface area contributed by atoms with Crippen molar-refractivity contribution in [1.82, 2.24) is 0 Å². The van der Waals surface area contributed by atoms with E-state index in [0.717, 1.165) is 18.6 Å². The van der Waals surface area contributed by atoms with Gasteiger partial charge in [0.1, 0.15) is 0 Å². The van der Waals surface area contributed by atoms with Crippen LogP contribution in [0.25, 0.3) is 0 Å². The molecular weight excluding hydrogens is 210 g/mol. The summed E-state index contributed by atoms with van der Waals surface area (Å²) in [6.07, 6.45) is 1.06. The highest BCUT2D eigenvalue weighted by atomic mass is 32.1. The van der Waals surface area contributed by atoms with Crippen LogP contribution in [0.4, 0.5) is 0 Å². The second kappa shape index (κ2) is 7.82. The average molecular weight is 229 g/mol. The van der Waals surface area contributed by atoms with Crippen molar-refractivity contribution in [1.29, 1.82) is 0 Å². The van der Waals surface area contributed by atoms with Crippen molar-refractivity contribution in [3.05, 3.63) is 22.4 Å². The summed E-state index contributed by atoms with van der Waals surface area (Å²) in [5, 5.41) is 4.11. The quantitative estimate of drug-likeness (QED) is 0.695. The van der Waals surface area contributed by atoms with E-state index in [1.807, 2.05) is 5.38 Å². The van der Waals surface area contributed by atoms with Crippen LogP contribution in [0.5, 0.6) is 0 Å². The van der Waals surface area contributed by atoms with E-state index < -0.39 is 0 Å². The van der Waals surface area contributed by atoms with Crippen molar-refractivity contribution in [2.45, 2.75) is 19.4 Å². The monoisotopic (exact) mass is 229 g/mol. The SMILES string of the molecule is CCCOCCOC(CN)c1ccsc1. The van der Waals surface area contributed by atoms with Gasteiger partial charge in [0.2, 0.25) is 0 Å². The zero-order chi connectivity index (χ0) is 10.9. The highest BCUT2D eigenvalue weighted by molar-refractivity contribution is 7.07. The van der Waals surface area contributed by atoms with E-state index in [4.69, 9.17) is 15.2 Å². The van der Waals surface area contributed by atoms with Gasteiger partial charge in [0.25, 0.3) is 0 Å². The maximum Gasteiger partial charge on any atom is 0.0956 e. The lowest BCUT2D eigenvalue weighted by molar-refractivity contribution is 0.00782. The summed E-state index contributed by atoms with van der Waals surface area (Å²) in [6, 6.07) is 2.05. The molecule has 3 nitrogen and oxygen atoms in total. The van der Waals surface area contributed by atoms with Gasteiger partial charge >= 0.3 is 0 Å². The zero-order valence-electron chi connectivity index (χ0n) is 9.15. The van der Waals surface area contributed by atoms with Crippen molar-refractivity contribution in [3.8, 4) is 0 Å². The predicted octanol–water partition coefficient (Wildman–Crippen LogP) is 2.19. The first-order valence-corrected chi connectivity index (χ1v) is 6.24. The first kappa shape index (κ1) is 12.6. The Balaban J connectivity index is 2.18. The van der Waals surface area contributed by atoms with Crippen LogP contribution in [0, 0.1) is 0 Å². The van der Waals surface area contributed by atoms with Gasteiger partial charge < -0.3 is 15.2 Å². The van der Waals surface area contributed by atoms with Crippen LogP contribution in [0.2, 0.25) is 0 Å². The van der Waals surface area contributed by atoms with Gasteiger partial charge in [-0.1, -0.05) is 6.92 Å². The average Bonchev–Trinajstić information content (AvgIpc) is 2.77. The summed E-state index contributed by atoms with van der Waals surface area (Å²) in [4.78, 5) is 0. The van der Waals surface area contributed by atoms with Crippen LogP contribution < -0.4 is 5.73 Å². The summed E-state index contributed by atoms with van der Waals surface area (Å²) in [7, 11) is 0. The zero-order valence-corrected chi connectivity index (χ0v) is 9.96. The van der Waals surface area contributed by atoms with Crippen molar-refractivity contribution in [3.63, 3.8) is 0 Å². The Labute approximate surface area is 95.2 Å². The fraction of sp³-hybridized carbons (Fsp3) is 0.636. The topological polar surface area (TPSA) is 44.5 Å². The lowest BCUT2D eigenvalue weighted by Gasteiger charge is -2.14. The number of hydrogen-bond acceptors (Lipinski definition) is 4. The first-order chi connectivity index (χ1) is 7.38. The molecule has 0 amide bonds. The Morgan fingerprint density at radius 3 is 2.87 bits per heavy atom. The Morgan fingerprint density at radius 1 is 1.40 bits per heavy atom. The number of rotatable bonds is 8. The largest absolute Gasteiger partial charge is 0.379 e. The van der Waals surface area contributed by atoms with Crippen molar-refractivity contribution >= 4 is 11.3 Å². The molecule has 0 spiro atoms. The van der Waals surface area contributed by atoms with Gasteiger partial charge in [-0.2, -0.15) is 11.3 Å². The predicted molar refractivity (Wildman–Crippen MR) is 63.2 cm³/mol. The van der Waals surface area contributed by atoms with Crippen LogP contribution in [0.3, 0.4) is 0 Å². The van der Waals surface area contributed by atoms with Gasteiger partial charge in [-0.15, -0.1) is 0 Å². The number of nitrogens with two attached hydrogens (primary N) is 1. The molecule has 86 valence electrons. The van der Waals surface area contributed by atoms with E-state index in [0.29, 0.717) is 19.8 Å². The third kappa shape index (κ3) is 4.75. The molecule has 0 aliphatic heterocycles. The molecule has 0 aliphatic rings. The van der Waals surface area contributed by atoms with Crippen LogP contribution in [0.1, 0.15) is 25.0 Å². The Morgan fingerprint density at radius 2 is 2.27 bits per heavy atom. The molecule has 0 radical (unpaired) electrons. The highest BCUT2D eigenvalue weighted by Gasteiger charge is 2.09. The molecule has 1 aromatic heterocycles. The number of thiophene rings is 1. The Hall–Kier alpha value is -0.420. The van der Waals surface area contributed by atoms with Crippen LogP contribution >= 0.6 is 11.3 Å². The van der Waals surface area contributed by atoms with Gasteiger partial charge in [0, 0.05) is 13.2 Å². The summed E-state index contributed by atoms with van der Waals surface area (Å²) in [5.74, 6) is 0. The lowest BCUT2D eigenvalue weighted by Crippen LogP contribution is -2.17. The van der Waals surface area contributed by atoms with E-state index in [1.54, 1.807) is 11.3 Å². The van der Waals surface area contributed by atoms with Gasteiger partial charge in [-0.3, -0.25) is 0 Å². The molecule has 0 aromatic carbocycles.